The second-order valence-electron chi connectivity index (χ2n) is 6.56. The first-order valence-corrected chi connectivity index (χ1v) is 9.35. The van der Waals surface area contributed by atoms with E-state index in [2.05, 4.69) is 21.6 Å². The van der Waals surface area contributed by atoms with E-state index in [0.717, 1.165) is 42.4 Å². The van der Waals surface area contributed by atoms with E-state index in [1.54, 1.807) is 7.11 Å². The third-order valence-corrected chi connectivity index (χ3v) is 4.69. The number of hydrogen-bond donors (Lipinski definition) is 2. The van der Waals surface area contributed by atoms with E-state index in [0.29, 0.717) is 19.1 Å². The van der Waals surface area contributed by atoms with E-state index in [9.17, 15) is 4.79 Å². The number of benzene rings is 2. The van der Waals surface area contributed by atoms with E-state index < -0.39 is 0 Å². The number of para-hydroxylation sites is 2. The Bertz CT molecular complexity index is 749. The van der Waals surface area contributed by atoms with Crippen LogP contribution in [0.4, 0.5) is 16.2 Å². The van der Waals surface area contributed by atoms with Gasteiger partial charge in [0.15, 0.2) is 0 Å². The number of rotatable bonds is 7. The molecule has 2 amide bonds. The third-order valence-electron chi connectivity index (χ3n) is 4.69. The van der Waals surface area contributed by atoms with Gasteiger partial charge in [-0.05, 0) is 55.7 Å². The molecule has 1 saturated heterocycles. The summed E-state index contributed by atoms with van der Waals surface area (Å²) in [6, 6.07) is 15.2. The molecule has 1 unspecified atom stereocenters. The highest BCUT2D eigenvalue weighted by molar-refractivity contribution is 5.89. The summed E-state index contributed by atoms with van der Waals surface area (Å²) in [7, 11) is 1.69. The molecule has 0 spiro atoms. The maximum atomic E-state index is 12.1. The summed E-state index contributed by atoms with van der Waals surface area (Å²) in [5.74, 6) is 2.10. The molecule has 1 atom stereocenters. The molecular weight excluding hydrogens is 342 g/mol. The molecule has 0 aromatic heterocycles. The number of carbonyl (C=O) groups excluding carboxylic acids is 1. The molecule has 6 heteroatoms. The molecule has 27 heavy (non-hydrogen) atoms. The quantitative estimate of drug-likeness (QED) is 0.780. The zero-order valence-corrected chi connectivity index (χ0v) is 15.9. The molecule has 1 heterocycles. The van der Waals surface area contributed by atoms with Gasteiger partial charge in [-0.1, -0.05) is 12.1 Å². The summed E-state index contributed by atoms with van der Waals surface area (Å²) < 4.78 is 10.9. The highest BCUT2D eigenvalue weighted by Gasteiger charge is 2.24. The lowest BCUT2D eigenvalue weighted by Gasteiger charge is -2.21. The average molecular weight is 369 g/mol. The highest BCUT2D eigenvalue weighted by Crippen LogP contribution is 2.31. The van der Waals surface area contributed by atoms with Crippen molar-refractivity contribution < 1.29 is 14.3 Å². The first-order valence-electron chi connectivity index (χ1n) is 9.35. The maximum absolute atomic E-state index is 12.1. The minimum absolute atomic E-state index is 0.185. The Balaban J connectivity index is 1.45. The van der Waals surface area contributed by atoms with Gasteiger partial charge < -0.3 is 25.0 Å². The number of methoxy groups -OCH3 is 1. The van der Waals surface area contributed by atoms with Crippen molar-refractivity contribution in [2.75, 3.05) is 43.6 Å². The van der Waals surface area contributed by atoms with Crippen LogP contribution in [0.15, 0.2) is 48.5 Å². The molecular formula is C21H27N3O3. The molecule has 0 bridgehead atoms. The van der Waals surface area contributed by atoms with Crippen LogP contribution in [-0.4, -0.2) is 39.4 Å². The van der Waals surface area contributed by atoms with E-state index in [1.807, 2.05) is 49.4 Å². The average Bonchev–Trinajstić information content (AvgIpc) is 3.17. The van der Waals surface area contributed by atoms with Crippen LogP contribution in [-0.2, 0) is 0 Å². The van der Waals surface area contributed by atoms with Gasteiger partial charge in [0.05, 0.1) is 19.4 Å². The molecule has 0 saturated carbocycles. The Morgan fingerprint density at radius 3 is 2.70 bits per heavy atom. The smallest absolute Gasteiger partial charge is 0.319 e. The van der Waals surface area contributed by atoms with Crippen molar-refractivity contribution >= 4 is 17.4 Å². The number of hydrogen-bond acceptors (Lipinski definition) is 4. The van der Waals surface area contributed by atoms with Crippen molar-refractivity contribution in [1.29, 1.82) is 0 Å². The number of urea groups is 1. The number of nitrogens with zero attached hydrogens (tertiary/aromatic N) is 1. The van der Waals surface area contributed by atoms with Crippen LogP contribution >= 0.6 is 0 Å². The molecule has 0 radical (unpaired) electrons. The molecule has 3 rings (SSSR count). The number of carbonyl (C=O) groups is 1. The van der Waals surface area contributed by atoms with Crippen molar-refractivity contribution in [3.05, 3.63) is 48.5 Å². The summed E-state index contributed by atoms with van der Waals surface area (Å²) in [6.07, 6.45) is 1.04. The summed E-state index contributed by atoms with van der Waals surface area (Å²) in [6.45, 7) is 5.09. The van der Waals surface area contributed by atoms with E-state index in [4.69, 9.17) is 9.47 Å². The minimum Gasteiger partial charge on any atom is -0.495 e. The fraction of sp³-hybridized carbons (Fsp3) is 0.381. The fourth-order valence-electron chi connectivity index (χ4n) is 3.32. The van der Waals surface area contributed by atoms with Crippen molar-refractivity contribution in [2.45, 2.75) is 13.3 Å². The lowest BCUT2D eigenvalue weighted by atomic mass is 10.1. The maximum Gasteiger partial charge on any atom is 0.319 e. The summed E-state index contributed by atoms with van der Waals surface area (Å²) in [5.41, 5.74) is 1.86. The monoisotopic (exact) mass is 369 g/mol. The van der Waals surface area contributed by atoms with Crippen LogP contribution in [0.3, 0.4) is 0 Å². The Morgan fingerprint density at radius 2 is 1.96 bits per heavy atom. The number of amides is 2. The number of ether oxygens (including phenoxy) is 2. The second-order valence-corrected chi connectivity index (χ2v) is 6.56. The number of nitrogens with one attached hydrogen (secondary N) is 2. The summed E-state index contributed by atoms with van der Waals surface area (Å²) >= 11 is 0. The zero-order valence-electron chi connectivity index (χ0n) is 15.9. The normalized spacial score (nSPS) is 16.1. The van der Waals surface area contributed by atoms with E-state index >= 15 is 0 Å². The largest absolute Gasteiger partial charge is 0.495 e. The first kappa shape index (κ1) is 18.9. The van der Waals surface area contributed by atoms with Gasteiger partial charge in [0.25, 0.3) is 0 Å². The van der Waals surface area contributed by atoms with Crippen molar-refractivity contribution in [2.24, 2.45) is 5.92 Å². The minimum atomic E-state index is -0.185. The molecule has 0 aliphatic carbocycles. The molecule has 2 aromatic rings. The highest BCUT2D eigenvalue weighted by atomic mass is 16.5. The van der Waals surface area contributed by atoms with Crippen LogP contribution in [0, 0.1) is 5.92 Å². The van der Waals surface area contributed by atoms with E-state index in [-0.39, 0.29) is 6.03 Å². The molecule has 1 aliphatic rings. The molecule has 1 fully saturated rings. The zero-order chi connectivity index (χ0) is 19.1. The van der Waals surface area contributed by atoms with Gasteiger partial charge in [-0.15, -0.1) is 0 Å². The lowest BCUT2D eigenvalue weighted by molar-refractivity contribution is 0.250. The third kappa shape index (κ3) is 5.06. The van der Waals surface area contributed by atoms with Crippen LogP contribution in [0.5, 0.6) is 11.5 Å². The van der Waals surface area contributed by atoms with Crippen LogP contribution in [0.1, 0.15) is 13.3 Å². The first-order chi connectivity index (χ1) is 13.2. The van der Waals surface area contributed by atoms with Gasteiger partial charge >= 0.3 is 6.03 Å². The lowest BCUT2D eigenvalue weighted by Crippen LogP contribution is -2.34. The van der Waals surface area contributed by atoms with Gasteiger partial charge in [-0.3, -0.25) is 0 Å². The van der Waals surface area contributed by atoms with Crippen molar-refractivity contribution in [3.8, 4) is 11.5 Å². The van der Waals surface area contributed by atoms with Gasteiger partial charge in [0.2, 0.25) is 0 Å². The Kier molecular flexibility index (Phi) is 6.41. The standard InChI is InChI=1S/C21H27N3O3/c1-3-27-18-10-8-17(9-11-18)23-21(25)22-14-16-12-13-24(15-16)19-6-4-5-7-20(19)26-2/h4-11,16H,3,12-15H2,1-2H3,(H2,22,23,25). The Morgan fingerprint density at radius 1 is 1.19 bits per heavy atom. The molecule has 144 valence electrons. The van der Waals surface area contributed by atoms with Gasteiger partial charge in [-0.2, -0.15) is 0 Å². The number of anilines is 2. The second kappa shape index (κ2) is 9.16. The molecule has 6 nitrogen and oxygen atoms in total. The van der Waals surface area contributed by atoms with Crippen LogP contribution < -0.4 is 25.0 Å². The summed E-state index contributed by atoms with van der Waals surface area (Å²) in [4.78, 5) is 14.5. The molecule has 2 N–H and O–H groups in total. The Labute approximate surface area is 160 Å². The topological polar surface area (TPSA) is 62.8 Å². The molecule has 2 aromatic carbocycles. The van der Waals surface area contributed by atoms with Crippen LogP contribution in [0.25, 0.3) is 0 Å². The predicted molar refractivity (Wildman–Crippen MR) is 108 cm³/mol. The van der Waals surface area contributed by atoms with Gasteiger partial charge in [0, 0.05) is 25.3 Å². The fourth-order valence-corrected chi connectivity index (χ4v) is 3.32. The Hall–Kier alpha value is -2.89. The van der Waals surface area contributed by atoms with E-state index in [1.165, 1.54) is 0 Å². The SMILES string of the molecule is CCOc1ccc(NC(=O)NCC2CCN(c3ccccc3OC)C2)cc1. The van der Waals surface area contributed by atoms with Gasteiger partial charge in [0.1, 0.15) is 11.5 Å². The van der Waals surface area contributed by atoms with Crippen LogP contribution in [0.2, 0.25) is 0 Å². The molecule has 1 aliphatic heterocycles. The predicted octanol–water partition coefficient (Wildman–Crippen LogP) is 3.74. The van der Waals surface area contributed by atoms with Gasteiger partial charge in [-0.25, -0.2) is 4.79 Å². The van der Waals surface area contributed by atoms with Crippen molar-refractivity contribution in [1.82, 2.24) is 5.32 Å². The summed E-state index contributed by atoms with van der Waals surface area (Å²) in [5, 5.41) is 5.83. The van der Waals surface area contributed by atoms with Crippen molar-refractivity contribution in [3.63, 3.8) is 0 Å².